The molecule has 0 N–H and O–H groups in total. The number of aryl methyl sites for hydroxylation is 1. The standard InChI is InChI=1S/C14H20S2/c1-6-11-14-10(13(15-11)9(4)5)7-12(16-14)8(2)3/h7-9H,6H2,1-5H3. The number of hydrogen-bond donors (Lipinski definition) is 0. The van der Waals surface area contributed by atoms with Crippen molar-refractivity contribution in [3.05, 3.63) is 20.7 Å². The summed E-state index contributed by atoms with van der Waals surface area (Å²) in [6, 6.07) is 2.43. The fourth-order valence-corrected chi connectivity index (χ4v) is 4.60. The second-order valence-electron chi connectivity index (χ2n) is 4.94. The molecule has 0 aliphatic carbocycles. The lowest BCUT2D eigenvalue weighted by atomic mass is 10.1. The molecule has 0 spiro atoms. The summed E-state index contributed by atoms with van der Waals surface area (Å²) in [5.41, 5.74) is 0. The van der Waals surface area contributed by atoms with Gasteiger partial charge in [-0.2, -0.15) is 0 Å². The minimum absolute atomic E-state index is 0.655. The first-order valence-electron chi connectivity index (χ1n) is 6.09. The van der Waals surface area contributed by atoms with Crippen molar-refractivity contribution in [2.75, 3.05) is 0 Å². The van der Waals surface area contributed by atoms with Crippen LogP contribution in [0.25, 0.3) is 10.1 Å². The van der Waals surface area contributed by atoms with Gasteiger partial charge in [0, 0.05) is 24.7 Å². The summed E-state index contributed by atoms with van der Waals surface area (Å²) >= 11 is 4.02. The van der Waals surface area contributed by atoms with Gasteiger partial charge in [0.05, 0.1) is 0 Å². The molecule has 0 saturated carbocycles. The molecule has 0 saturated heterocycles. The molecule has 2 heterocycles. The van der Waals surface area contributed by atoms with E-state index in [1.807, 2.05) is 22.7 Å². The molecule has 0 aromatic carbocycles. The van der Waals surface area contributed by atoms with Crippen LogP contribution in [0.2, 0.25) is 0 Å². The molecule has 0 radical (unpaired) electrons. The highest BCUT2D eigenvalue weighted by Gasteiger charge is 2.16. The van der Waals surface area contributed by atoms with Crippen molar-refractivity contribution in [1.82, 2.24) is 0 Å². The van der Waals surface area contributed by atoms with Crippen LogP contribution in [0.15, 0.2) is 6.07 Å². The van der Waals surface area contributed by atoms with Gasteiger partial charge >= 0.3 is 0 Å². The Hall–Kier alpha value is -0.340. The average molecular weight is 252 g/mol. The second kappa shape index (κ2) is 4.50. The van der Waals surface area contributed by atoms with Crippen LogP contribution in [-0.4, -0.2) is 0 Å². The Morgan fingerprint density at radius 2 is 1.75 bits per heavy atom. The number of thiophene rings is 2. The van der Waals surface area contributed by atoms with Crippen molar-refractivity contribution >= 4 is 32.8 Å². The van der Waals surface area contributed by atoms with E-state index in [1.54, 1.807) is 14.5 Å². The Morgan fingerprint density at radius 1 is 1.06 bits per heavy atom. The largest absolute Gasteiger partial charge is 0.143 e. The Kier molecular flexibility index (Phi) is 3.41. The Labute approximate surface area is 106 Å². The third-order valence-corrected chi connectivity index (χ3v) is 6.19. The molecule has 0 atom stereocenters. The molecule has 16 heavy (non-hydrogen) atoms. The molecule has 0 amide bonds. The molecule has 0 aliphatic rings. The van der Waals surface area contributed by atoms with Gasteiger partial charge in [-0.25, -0.2) is 0 Å². The van der Waals surface area contributed by atoms with Crippen LogP contribution >= 0.6 is 22.7 Å². The van der Waals surface area contributed by atoms with Crippen LogP contribution in [0.4, 0.5) is 0 Å². The summed E-state index contributed by atoms with van der Waals surface area (Å²) in [5.74, 6) is 1.31. The van der Waals surface area contributed by atoms with Crippen molar-refractivity contribution in [1.29, 1.82) is 0 Å². The van der Waals surface area contributed by atoms with E-state index < -0.39 is 0 Å². The monoisotopic (exact) mass is 252 g/mol. The zero-order chi connectivity index (χ0) is 11.9. The van der Waals surface area contributed by atoms with E-state index in [0.717, 1.165) is 0 Å². The molecule has 88 valence electrons. The van der Waals surface area contributed by atoms with Crippen molar-refractivity contribution in [2.45, 2.75) is 52.9 Å². The first kappa shape index (κ1) is 12.1. The second-order valence-corrected chi connectivity index (χ2v) is 7.16. The van der Waals surface area contributed by atoms with Crippen LogP contribution in [0.5, 0.6) is 0 Å². The van der Waals surface area contributed by atoms with Gasteiger partial charge in [0.15, 0.2) is 0 Å². The van der Waals surface area contributed by atoms with Gasteiger partial charge in [-0.15, -0.1) is 22.7 Å². The van der Waals surface area contributed by atoms with Gasteiger partial charge in [0.25, 0.3) is 0 Å². The Morgan fingerprint density at radius 3 is 2.25 bits per heavy atom. The highest BCUT2D eigenvalue weighted by molar-refractivity contribution is 7.24. The van der Waals surface area contributed by atoms with E-state index in [4.69, 9.17) is 0 Å². The van der Waals surface area contributed by atoms with Crippen molar-refractivity contribution < 1.29 is 0 Å². The highest BCUT2D eigenvalue weighted by atomic mass is 32.1. The zero-order valence-corrected chi connectivity index (χ0v) is 12.4. The summed E-state index contributed by atoms with van der Waals surface area (Å²) in [4.78, 5) is 4.69. The maximum absolute atomic E-state index is 2.43. The van der Waals surface area contributed by atoms with Crippen LogP contribution in [0, 0.1) is 0 Å². The molecule has 2 rings (SSSR count). The lowest BCUT2D eigenvalue weighted by Gasteiger charge is -2.01. The van der Waals surface area contributed by atoms with Gasteiger partial charge in [0.1, 0.15) is 0 Å². The smallest absolute Gasteiger partial charge is 0.0487 e. The van der Waals surface area contributed by atoms with Crippen LogP contribution < -0.4 is 0 Å². The minimum Gasteiger partial charge on any atom is -0.143 e. The van der Waals surface area contributed by atoms with E-state index in [2.05, 4.69) is 40.7 Å². The summed E-state index contributed by atoms with van der Waals surface area (Å²) in [6.07, 6.45) is 1.17. The maximum Gasteiger partial charge on any atom is 0.0487 e. The molecule has 0 aliphatic heterocycles. The molecule has 0 nitrogen and oxygen atoms in total. The lowest BCUT2D eigenvalue weighted by Crippen LogP contribution is -1.82. The van der Waals surface area contributed by atoms with E-state index in [1.165, 1.54) is 16.7 Å². The van der Waals surface area contributed by atoms with Gasteiger partial charge in [-0.3, -0.25) is 0 Å². The summed E-state index contributed by atoms with van der Waals surface area (Å²) in [6.45, 7) is 11.4. The predicted octanol–water partition coefficient (Wildman–Crippen LogP) is 5.77. The summed E-state index contributed by atoms with van der Waals surface area (Å²) < 4.78 is 1.56. The molecule has 0 fully saturated rings. The van der Waals surface area contributed by atoms with E-state index in [9.17, 15) is 0 Å². The van der Waals surface area contributed by atoms with Crippen LogP contribution in [0.3, 0.4) is 0 Å². The number of hydrogen-bond acceptors (Lipinski definition) is 2. The number of fused-ring (bicyclic) bond motifs is 1. The zero-order valence-electron chi connectivity index (χ0n) is 10.8. The topological polar surface area (TPSA) is 0 Å². The molecule has 2 aromatic heterocycles. The quantitative estimate of drug-likeness (QED) is 0.650. The Bertz CT molecular complexity index is 486. The maximum atomic E-state index is 2.43. The molecule has 2 heteroatoms. The number of rotatable bonds is 3. The first-order chi connectivity index (χ1) is 7.54. The molecule has 0 unspecified atom stereocenters. The van der Waals surface area contributed by atoms with Gasteiger partial charge in [0.2, 0.25) is 0 Å². The van der Waals surface area contributed by atoms with E-state index in [0.29, 0.717) is 11.8 Å². The molecular weight excluding hydrogens is 232 g/mol. The lowest BCUT2D eigenvalue weighted by molar-refractivity contribution is 0.886. The van der Waals surface area contributed by atoms with E-state index >= 15 is 0 Å². The Balaban J connectivity index is 2.65. The minimum atomic E-state index is 0.655. The third kappa shape index (κ3) is 1.93. The molecule has 2 aromatic rings. The SMILES string of the molecule is CCc1sc(C(C)C)c2cc(C(C)C)sc12. The van der Waals surface area contributed by atoms with Gasteiger partial charge < -0.3 is 0 Å². The summed E-state index contributed by atoms with van der Waals surface area (Å²) in [5, 5.41) is 1.53. The van der Waals surface area contributed by atoms with Crippen molar-refractivity contribution in [3.63, 3.8) is 0 Å². The van der Waals surface area contributed by atoms with Gasteiger partial charge in [-0.1, -0.05) is 34.6 Å². The molecule has 0 bridgehead atoms. The highest BCUT2D eigenvalue weighted by Crippen LogP contribution is 2.42. The fraction of sp³-hybridized carbons (Fsp3) is 0.571. The van der Waals surface area contributed by atoms with Gasteiger partial charge in [-0.05, 0) is 24.3 Å². The normalized spacial score (nSPS) is 12.2. The summed E-state index contributed by atoms with van der Waals surface area (Å²) in [7, 11) is 0. The van der Waals surface area contributed by atoms with Crippen LogP contribution in [-0.2, 0) is 6.42 Å². The van der Waals surface area contributed by atoms with Crippen molar-refractivity contribution in [2.24, 2.45) is 0 Å². The predicted molar refractivity (Wildman–Crippen MR) is 77.3 cm³/mol. The average Bonchev–Trinajstić information content (AvgIpc) is 2.73. The molecular formula is C14H20S2. The third-order valence-electron chi connectivity index (χ3n) is 2.92. The van der Waals surface area contributed by atoms with E-state index in [-0.39, 0.29) is 0 Å². The van der Waals surface area contributed by atoms with Crippen LogP contribution in [0.1, 0.15) is 61.1 Å². The first-order valence-corrected chi connectivity index (χ1v) is 7.72. The fourth-order valence-electron chi connectivity index (χ4n) is 1.98. The van der Waals surface area contributed by atoms with Crippen molar-refractivity contribution in [3.8, 4) is 0 Å².